The fourth-order valence-corrected chi connectivity index (χ4v) is 4.46. The molecule has 2 N–H and O–H groups in total. The minimum Gasteiger partial charge on any atom is -0.376 e. The van der Waals surface area contributed by atoms with Crippen molar-refractivity contribution in [1.29, 1.82) is 0 Å². The summed E-state index contributed by atoms with van der Waals surface area (Å²) in [6, 6.07) is 1.92. The molecule has 0 radical (unpaired) electrons. The Labute approximate surface area is 148 Å². The van der Waals surface area contributed by atoms with Crippen LogP contribution >= 0.6 is 0 Å². The maximum absolute atomic E-state index is 12.4. The molecule has 1 amide bonds. The molecule has 7 heteroatoms. The molecular formula is C18H27N5O2. The van der Waals surface area contributed by atoms with Crippen LogP contribution in [-0.2, 0) is 9.53 Å². The largest absolute Gasteiger partial charge is 0.376 e. The summed E-state index contributed by atoms with van der Waals surface area (Å²) in [6.07, 6.45) is 8.02. The van der Waals surface area contributed by atoms with Gasteiger partial charge in [-0.3, -0.25) is 4.79 Å². The number of hydrogen-bond acceptors (Lipinski definition) is 6. The van der Waals surface area contributed by atoms with Crippen molar-refractivity contribution in [2.75, 3.05) is 43.4 Å². The van der Waals surface area contributed by atoms with Crippen LogP contribution in [0.1, 0.15) is 38.5 Å². The number of likely N-dealkylation sites (tertiary alicyclic amines) is 1. The summed E-state index contributed by atoms with van der Waals surface area (Å²) in [5.41, 5.74) is 5.96. The highest BCUT2D eigenvalue weighted by molar-refractivity contribution is 5.77. The number of nitrogens with zero attached hydrogens (tertiary/aromatic N) is 4. The third-order valence-electron chi connectivity index (χ3n) is 6.00. The number of nitrogens with two attached hydrogens (primary N) is 1. The monoisotopic (exact) mass is 345 g/mol. The summed E-state index contributed by atoms with van der Waals surface area (Å²) in [5.74, 6) is 1.53. The maximum atomic E-state index is 12.4. The molecule has 3 aliphatic rings. The van der Waals surface area contributed by atoms with E-state index in [9.17, 15) is 4.79 Å². The Morgan fingerprint density at radius 3 is 2.88 bits per heavy atom. The van der Waals surface area contributed by atoms with E-state index in [1.807, 2.05) is 6.07 Å². The van der Waals surface area contributed by atoms with E-state index in [0.717, 1.165) is 70.7 Å². The number of aromatic nitrogens is 2. The molecule has 1 aromatic heterocycles. The zero-order valence-electron chi connectivity index (χ0n) is 14.7. The van der Waals surface area contributed by atoms with Crippen LogP contribution in [0.15, 0.2) is 12.3 Å². The first kappa shape index (κ1) is 16.6. The van der Waals surface area contributed by atoms with Crippen molar-refractivity contribution < 1.29 is 9.53 Å². The highest BCUT2D eigenvalue weighted by Crippen LogP contribution is 2.41. The van der Waals surface area contributed by atoms with Crippen molar-refractivity contribution in [2.45, 2.75) is 44.6 Å². The molecule has 4 rings (SSSR count). The summed E-state index contributed by atoms with van der Waals surface area (Å²) in [5, 5.41) is 0. The molecule has 3 saturated heterocycles. The Hall–Kier alpha value is -1.89. The van der Waals surface area contributed by atoms with Gasteiger partial charge in [0, 0.05) is 45.4 Å². The van der Waals surface area contributed by atoms with E-state index in [0.29, 0.717) is 18.3 Å². The topological polar surface area (TPSA) is 84.6 Å². The molecule has 0 bridgehead atoms. The van der Waals surface area contributed by atoms with Crippen LogP contribution in [0.25, 0.3) is 0 Å². The van der Waals surface area contributed by atoms with Crippen LogP contribution in [0.3, 0.4) is 0 Å². The summed E-state index contributed by atoms with van der Waals surface area (Å²) in [7, 11) is 0. The van der Waals surface area contributed by atoms with Gasteiger partial charge in [-0.2, -0.15) is 4.98 Å². The minimum atomic E-state index is 0.239. The zero-order chi connectivity index (χ0) is 17.3. The summed E-state index contributed by atoms with van der Waals surface area (Å²) in [4.78, 5) is 25.0. The molecular weight excluding hydrogens is 318 g/mol. The predicted octanol–water partition coefficient (Wildman–Crippen LogP) is 1.45. The molecule has 1 aromatic rings. The first-order chi connectivity index (χ1) is 12.1. The molecule has 3 aliphatic heterocycles. The Kier molecular flexibility index (Phi) is 4.50. The molecule has 4 heterocycles. The normalized spacial score (nSPS) is 26.4. The summed E-state index contributed by atoms with van der Waals surface area (Å²) in [6.45, 7) is 4.41. The summed E-state index contributed by atoms with van der Waals surface area (Å²) < 4.78 is 5.74. The van der Waals surface area contributed by atoms with Crippen LogP contribution in [0, 0.1) is 5.41 Å². The van der Waals surface area contributed by atoms with Crippen molar-refractivity contribution in [3.63, 3.8) is 0 Å². The summed E-state index contributed by atoms with van der Waals surface area (Å²) >= 11 is 0. The first-order valence-corrected chi connectivity index (χ1v) is 9.36. The number of rotatable bonds is 3. The van der Waals surface area contributed by atoms with Crippen LogP contribution in [0.4, 0.5) is 11.8 Å². The van der Waals surface area contributed by atoms with Crippen molar-refractivity contribution in [3.8, 4) is 0 Å². The standard InChI is InChI=1S/C18H27N5O2/c19-17-20-8-4-15(21-17)22-9-6-18(7-10-22)5-3-16(24)23(13-18)12-14-2-1-11-25-14/h4,8,14H,1-3,5-7,9-13H2,(H2,19,20,21). The third kappa shape index (κ3) is 3.56. The number of ether oxygens (including phenoxy) is 1. The predicted molar refractivity (Wildman–Crippen MR) is 95.1 cm³/mol. The van der Waals surface area contributed by atoms with Crippen molar-refractivity contribution in [2.24, 2.45) is 5.41 Å². The zero-order valence-corrected chi connectivity index (χ0v) is 14.7. The lowest BCUT2D eigenvalue weighted by Crippen LogP contribution is -2.53. The van der Waals surface area contributed by atoms with Gasteiger partial charge < -0.3 is 20.3 Å². The number of amides is 1. The molecule has 0 aliphatic carbocycles. The van der Waals surface area contributed by atoms with Gasteiger partial charge in [-0.15, -0.1) is 0 Å². The Morgan fingerprint density at radius 1 is 1.32 bits per heavy atom. The third-order valence-corrected chi connectivity index (χ3v) is 6.00. The van der Waals surface area contributed by atoms with E-state index in [4.69, 9.17) is 10.5 Å². The van der Waals surface area contributed by atoms with Crippen molar-refractivity contribution in [1.82, 2.24) is 14.9 Å². The van der Waals surface area contributed by atoms with Crippen LogP contribution < -0.4 is 10.6 Å². The average Bonchev–Trinajstić information content (AvgIpc) is 3.12. The van der Waals surface area contributed by atoms with Gasteiger partial charge in [0.2, 0.25) is 11.9 Å². The van der Waals surface area contributed by atoms with E-state index in [-0.39, 0.29) is 11.5 Å². The van der Waals surface area contributed by atoms with Gasteiger partial charge in [-0.25, -0.2) is 4.98 Å². The van der Waals surface area contributed by atoms with Gasteiger partial charge in [0.15, 0.2) is 0 Å². The smallest absolute Gasteiger partial charge is 0.222 e. The number of carbonyl (C=O) groups is 1. The molecule has 0 aromatic carbocycles. The van der Waals surface area contributed by atoms with E-state index in [1.165, 1.54) is 0 Å². The number of piperidine rings is 2. The Bertz CT molecular complexity index is 624. The van der Waals surface area contributed by atoms with Gasteiger partial charge in [0.1, 0.15) is 5.82 Å². The molecule has 7 nitrogen and oxygen atoms in total. The average molecular weight is 345 g/mol. The molecule has 0 saturated carbocycles. The van der Waals surface area contributed by atoms with Gasteiger partial charge >= 0.3 is 0 Å². The van der Waals surface area contributed by atoms with Crippen molar-refractivity contribution in [3.05, 3.63) is 12.3 Å². The SMILES string of the molecule is Nc1nccc(N2CCC3(CCC(=O)N(CC4CCCO4)C3)CC2)n1. The van der Waals surface area contributed by atoms with E-state index in [1.54, 1.807) is 6.20 Å². The number of hydrogen-bond donors (Lipinski definition) is 1. The highest BCUT2D eigenvalue weighted by atomic mass is 16.5. The number of carbonyl (C=O) groups excluding carboxylic acids is 1. The van der Waals surface area contributed by atoms with E-state index in [2.05, 4.69) is 19.8 Å². The second kappa shape index (κ2) is 6.78. The van der Waals surface area contributed by atoms with Gasteiger partial charge in [0.05, 0.1) is 6.10 Å². The molecule has 25 heavy (non-hydrogen) atoms. The molecule has 136 valence electrons. The first-order valence-electron chi connectivity index (χ1n) is 9.36. The fourth-order valence-electron chi connectivity index (χ4n) is 4.46. The Balaban J connectivity index is 1.38. The molecule has 1 unspecified atom stereocenters. The molecule has 1 atom stereocenters. The highest BCUT2D eigenvalue weighted by Gasteiger charge is 2.41. The van der Waals surface area contributed by atoms with E-state index >= 15 is 0 Å². The van der Waals surface area contributed by atoms with Gasteiger partial charge in [-0.1, -0.05) is 0 Å². The van der Waals surface area contributed by atoms with Crippen LogP contribution in [-0.4, -0.2) is 59.7 Å². The fraction of sp³-hybridized carbons (Fsp3) is 0.722. The second-order valence-corrected chi connectivity index (χ2v) is 7.67. The van der Waals surface area contributed by atoms with Crippen LogP contribution in [0.5, 0.6) is 0 Å². The quantitative estimate of drug-likeness (QED) is 0.892. The second-order valence-electron chi connectivity index (χ2n) is 7.67. The maximum Gasteiger partial charge on any atom is 0.222 e. The Morgan fingerprint density at radius 2 is 2.16 bits per heavy atom. The lowest BCUT2D eigenvalue weighted by atomic mass is 9.72. The molecule has 3 fully saturated rings. The van der Waals surface area contributed by atoms with Gasteiger partial charge in [-0.05, 0) is 43.6 Å². The lowest BCUT2D eigenvalue weighted by Gasteiger charge is -2.48. The number of nitrogen functional groups attached to an aromatic ring is 1. The lowest BCUT2D eigenvalue weighted by molar-refractivity contribution is -0.140. The van der Waals surface area contributed by atoms with Crippen molar-refractivity contribution >= 4 is 17.7 Å². The van der Waals surface area contributed by atoms with E-state index < -0.39 is 0 Å². The molecule has 1 spiro atoms. The van der Waals surface area contributed by atoms with Crippen LogP contribution in [0.2, 0.25) is 0 Å². The minimum absolute atomic E-state index is 0.239. The number of anilines is 2. The van der Waals surface area contributed by atoms with Gasteiger partial charge in [0.25, 0.3) is 0 Å².